The molecule has 0 aliphatic carbocycles. The third-order valence-electron chi connectivity index (χ3n) is 11.1. The number of hydrogen-bond donors (Lipinski definition) is 0. The zero-order chi connectivity index (χ0) is 37.5. The largest absolute Gasteiger partial charge is 0.455 e. The average molecular weight is 747 g/mol. The maximum atomic E-state index is 6.54. The maximum Gasteiger partial charge on any atom is 0.167 e. The van der Waals surface area contributed by atoms with Crippen molar-refractivity contribution in [2.45, 2.75) is 0 Å². The van der Waals surface area contributed by atoms with Crippen molar-refractivity contribution in [1.29, 1.82) is 0 Å². The monoisotopic (exact) mass is 746 g/mol. The lowest BCUT2D eigenvalue weighted by Crippen LogP contribution is -2.04. The van der Waals surface area contributed by atoms with Gasteiger partial charge in [-0.25, -0.2) is 15.0 Å². The standard InChI is InChI=1S/C51H30N4OS/c1-3-14-31(15-4-1)33-26-27-35-34-18-7-10-23-42(34)55(43(35)30-33)46-40(29-28-39-37-20-9-12-25-45(37)57-48(39)46)50-52-49(32-16-5-2-6-17-32)53-51(54-50)41-22-13-21-38-36-19-8-11-24-44(36)56-47(38)41/h1-30H. The number of nitrogens with zero attached hydrogens (tertiary/aromatic N) is 4. The molecule has 0 radical (unpaired) electrons. The summed E-state index contributed by atoms with van der Waals surface area (Å²) in [5.74, 6) is 1.74. The fourth-order valence-corrected chi connectivity index (χ4v) is 9.70. The van der Waals surface area contributed by atoms with E-state index >= 15 is 0 Å². The molecule has 0 N–H and O–H groups in total. The fourth-order valence-electron chi connectivity index (χ4n) is 8.46. The first kappa shape index (κ1) is 31.9. The van der Waals surface area contributed by atoms with Crippen LogP contribution in [-0.4, -0.2) is 19.5 Å². The van der Waals surface area contributed by atoms with E-state index in [4.69, 9.17) is 19.4 Å². The second kappa shape index (κ2) is 12.6. The molecule has 57 heavy (non-hydrogen) atoms. The van der Waals surface area contributed by atoms with Crippen LogP contribution >= 0.6 is 11.3 Å². The second-order valence-electron chi connectivity index (χ2n) is 14.3. The predicted octanol–water partition coefficient (Wildman–Crippen LogP) is 13.9. The normalized spacial score (nSPS) is 11.9. The van der Waals surface area contributed by atoms with Gasteiger partial charge in [0.25, 0.3) is 0 Å². The van der Waals surface area contributed by atoms with Crippen LogP contribution in [0.15, 0.2) is 186 Å². The van der Waals surface area contributed by atoms with E-state index in [1.165, 1.54) is 36.5 Å². The highest BCUT2D eigenvalue weighted by Crippen LogP contribution is 2.46. The molecule has 0 atom stereocenters. The van der Waals surface area contributed by atoms with Crippen molar-refractivity contribution in [3.8, 4) is 51.0 Å². The minimum atomic E-state index is 0.555. The van der Waals surface area contributed by atoms with Gasteiger partial charge in [-0.1, -0.05) is 146 Å². The van der Waals surface area contributed by atoms with Crippen LogP contribution in [0.2, 0.25) is 0 Å². The van der Waals surface area contributed by atoms with Crippen molar-refractivity contribution in [3.05, 3.63) is 182 Å². The SMILES string of the molecule is c1ccc(-c2ccc3c4ccccc4n(-c4c(-c5nc(-c6ccccc6)nc(-c6cccc7c6oc6ccccc67)n5)ccc5c4sc4ccccc45)c3c2)cc1. The lowest BCUT2D eigenvalue weighted by molar-refractivity contribution is 0.669. The van der Waals surface area contributed by atoms with Crippen LogP contribution in [0.1, 0.15) is 0 Å². The van der Waals surface area contributed by atoms with E-state index < -0.39 is 0 Å². The van der Waals surface area contributed by atoms with Crippen LogP contribution in [0.5, 0.6) is 0 Å². The minimum Gasteiger partial charge on any atom is -0.455 e. The molecule has 0 saturated carbocycles. The quantitative estimate of drug-likeness (QED) is 0.176. The summed E-state index contributed by atoms with van der Waals surface area (Å²) in [6.07, 6.45) is 0. The van der Waals surface area contributed by atoms with Gasteiger partial charge in [0.2, 0.25) is 0 Å². The van der Waals surface area contributed by atoms with Crippen molar-refractivity contribution in [1.82, 2.24) is 19.5 Å². The third-order valence-corrected chi connectivity index (χ3v) is 12.3. The molecule has 12 rings (SSSR count). The summed E-state index contributed by atoms with van der Waals surface area (Å²) >= 11 is 1.81. The van der Waals surface area contributed by atoms with Crippen LogP contribution in [0, 0.1) is 0 Å². The number of aromatic nitrogens is 4. The molecule has 266 valence electrons. The number of para-hydroxylation sites is 3. The van der Waals surface area contributed by atoms with E-state index in [-0.39, 0.29) is 0 Å². The van der Waals surface area contributed by atoms with Crippen LogP contribution in [0.4, 0.5) is 0 Å². The smallest absolute Gasteiger partial charge is 0.167 e. The van der Waals surface area contributed by atoms with Crippen LogP contribution in [0.25, 0.3) is 115 Å². The van der Waals surface area contributed by atoms with Crippen molar-refractivity contribution < 1.29 is 4.42 Å². The summed E-state index contributed by atoms with van der Waals surface area (Å²) in [7, 11) is 0. The fraction of sp³-hybridized carbons (Fsp3) is 0. The summed E-state index contributed by atoms with van der Waals surface area (Å²) in [5.41, 5.74) is 9.84. The van der Waals surface area contributed by atoms with Crippen molar-refractivity contribution in [2.75, 3.05) is 0 Å². The van der Waals surface area contributed by atoms with Gasteiger partial charge in [-0.2, -0.15) is 0 Å². The minimum absolute atomic E-state index is 0.555. The summed E-state index contributed by atoms with van der Waals surface area (Å²) in [5, 5.41) is 6.89. The first-order chi connectivity index (χ1) is 28.3. The van der Waals surface area contributed by atoms with Crippen molar-refractivity contribution in [2.24, 2.45) is 0 Å². The van der Waals surface area contributed by atoms with E-state index in [1.54, 1.807) is 0 Å². The Morgan fingerprint density at radius 1 is 0.404 bits per heavy atom. The molecule has 4 aromatic heterocycles. The molecule has 0 saturated heterocycles. The van der Waals surface area contributed by atoms with Gasteiger partial charge in [-0.15, -0.1) is 11.3 Å². The topological polar surface area (TPSA) is 56.7 Å². The number of fused-ring (bicyclic) bond motifs is 9. The van der Waals surface area contributed by atoms with Gasteiger partial charge in [-0.05, 0) is 47.5 Å². The Bertz CT molecular complexity index is 3530. The Morgan fingerprint density at radius 3 is 1.88 bits per heavy atom. The highest BCUT2D eigenvalue weighted by molar-refractivity contribution is 7.26. The zero-order valence-electron chi connectivity index (χ0n) is 30.4. The van der Waals surface area contributed by atoms with Crippen LogP contribution in [-0.2, 0) is 0 Å². The van der Waals surface area contributed by atoms with Gasteiger partial charge in [0, 0.05) is 48.1 Å². The number of benzene rings is 8. The Morgan fingerprint density at radius 2 is 1.04 bits per heavy atom. The molecule has 5 nitrogen and oxygen atoms in total. The molecule has 4 heterocycles. The molecular weight excluding hydrogens is 717 g/mol. The first-order valence-corrected chi connectivity index (χ1v) is 19.8. The van der Waals surface area contributed by atoms with Gasteiger partial charge in [0.15, 0.2) is 17.5 Å². The molecule has 0 aliphatic rings. The molecule has 0 fully saturated rings. The molecular formula is C51H30N4OS. The summed E-state index contributed by atoms with van der Waals surface area (Å²) in [6, 6.07) is 63.8. The first-order valence-electron chi connectivity index (χ1n) is 19.0. The van der Waals surface area contributed by atoms with Gasteiger partial charge >= 0.3 is 0 Å². The van der Waals surface area contributed by atoms with Gasteiger partial charge < -0.3 is 8.98 Å². The van der Waals surface area contributed by atoms with E-state index in [9.17, 15) is 0 Å². The van der Waals surface area contributed by atoms with Crippen molar-refractivity contribution >= 4 is 75.3 Å². The molecule has 0 unspecified atom stereocenters. The predicted molar refractivity (Wildman–Crippen MR) is 236 cm³/mol. The Kier molecular flexibility index (Phi) is 7.03. The van der Waals surface area contributed by atoms with Gasteiger partial charge in [0.05, 0.1) is 27.0 Å². The number of furan rings is 1. The molecule has 12 aromatic rings. The summed E-state index contributed by atoms with van der Waals surface area (Å²) in [6.45, 7) is 0. The molecule has 0 amide bonds. The van der Waals surface area contributed by atoms with Crippen LogP contribution < -0.4 is 0 Å². The lowest BCUT2D eigenvalue weighted by Gasteiger charge is -2.16. The Hall–Kier alpha value is -7.41. The van der Waals surface area contributed by atoms with Crippen LogP contribution in [0.3, 0.4) is 0 Å². The van der Waals surface area contributed by atoms with Crippen molar-refractivity contribution in [3.63, 3.8) is 0 Å². The number of thiophene rings is 1. The maximum absolute atomic E-state index is 6.54. The molecule has 0 aliphatic heterocycles. The van der Waals surface area contributed by atoms with E-state index in [0.717, 1.165) is 60.9 Å². The van der Waals surface area contributed by atoms with E-state index in [0.29, 0.717) is 17.5 Å². The van der Waals surface area contributed by atoms with E-state index in [1.807, 2.05) is 53.8 Å². The van der Waals surface area contributed by atoms with Gasteiger partial charge in [-0.3, -0.25) is 0 Å². The molecule has 0 spiro atoms. The third kappa shape index (κ3) is 4.98. The lowest BCUT2D eigenvalue weighted by atomic mass is 10.0. The highest BCUT2D eigenvalue weighted by atomic mass is 32.1. The molecule has 8 aromatic carbocycles. The van der Waals surface area contributed by atoms with E-state index in [2.05, 4.69) is 144 Å². The second-order valence-corrected chi connectivity index (χ2v) is 15.4. The van der Waals surface area contributed by atoms with Gasteiger partial charge in [0.1, 0.15) is 11.2 Å². The zero-order valence-corrected chi connectivity index (χ0v) is 31.2. The average Bonchev–Trinajstić information content (AvgIpc) is 3.96. The highest BCUT2D eigenvalue weighted by Gasteiger charge is 2.24. The molecule has 6 heteroatoms. The Balaban J connectivity index is 1.21. The summed E-state index contributed by atoms with van der Waals surface area (Å²) in [4.78, 5) is 15.9. The molecule has 0 bridgehead atoms. The Labute approximate surface area is 330 Å². The summed E-state index contributed by atoms with van der Waals surface area (Å²) < 4.78 is 11.4. The number of hydrogen-bond acceptors (Lipinski definition) is 5. The number of rotatable bonds is 5.